The van der Waals surface area contributed by atoms with Gasteiger partial charge in [0.05, 0.1) is 43.0 Å². The van der Waals surface area contributed by atoms with E-state index in [2.05, 4.69) is 11.1 Å². The van der Waals surface area contributed by atoms with Gasteiger partial charge in [0, 0.05) is 17.4 Å². The standard InChI is InChI=1S/C28H28N4O5/c1-28(2,3)37-27(35)32(23-10-8-20(13-30)9-11-23)15-22-14-31-25(17-34)26(24(22)16-33)36-18-21-6-4-19(12-29)5-7-21/h4-11,14,33-34H,15-18H2,1-3H3. The number of nitriles is 2. The van der Waals surface area contributed by atoms with Crippen molar-refractivity contribution in [3.63, 3.8) is 0 Å². The van der Waals surface area contributed by atoms with E-state index in [-0.39, 0.29) is 24.6 Å². The van der Waals surface area contributed by atoms with Crippen molar-refractivity contribution in [2.24, 2.45) is 0 Å². The topological polar surface area (TPSA) is 140 Å². The molecule has 1 aromatic heterocycles. The molecule has 0 unspecified atom stereocenters. The number of ether oxygens (including phenoxy) is 2. The molecular formula is C28H28N4O5. The van der Waals surface area contributed by atoms with E-state index in [0.29, 0.717) is 27.9 Å². The number of carbonyl (C=O) groups excluding carboxylic acids is 1. The molecule has 9 nitrogen and oxygen atoms in total. The maximum absolute atomic E-state index is 13.2. The monoisotopic (exact) mass is 500 g/mol. The predicted octanol–water partition coefficient (Wildman–Crippen LogP) is 4.33. The summed E-state index contributed by atoms with van der Waals surface area (Å²) < 4.78 is 11.6. The zero-order valence-electron chi connectivity index (χ0n) is 20.9. The van der Waals surface area contributed by atoms with Crippen LogP contribution in [-0.4, -0.2) is 26.9 Å². The van der Waals surface area contributed by atoms with Crippen molar-refractivity contribution in [3.8, 4) is 17.9 Å². The maximum Gasteiger partial charge on any atom is 0.415 e. The molecule has 2 N–H and O–H groups in total. The molecule has 0 radical (unpaired) electrons. The average molecular weight is 501 g/mol. The highest BCUT2D eigenvalue weighted by Gasteiger charge is 2.26. The number of rotatable bonds is 8. The number of benzene rings is 2. The fraction of sp³-hybridized carbons (Fsp3) is 0.286. The Kier molecular flexibility index (Phi) is 8.81. The molecule has 0 fully saturated rings. The van der Waals surface area contributed by atoms with Crippen molar-refractivity contribution in [1.29, 1.82) is 10.5 Å². The second kappa shape index (κ2) is 12.0. The van der Waals surface area contributed by atoms with Gasteiger partial charge >= 0.3 is 6.09 Å². The van der Waals surface area contributed by atoms with Crippen molar-refractivity contribution in [2.75, 3.05) is 4.90 Å². The third-order valence-electron chi connectivity index (χ3n) is 5.32. The van der Waals surface area contributed by atoms with Gasteiger partial charge in [0.15, 0.2) is 0 Å². The fourth-order valence-corrected chi connectivity index (χ4v) is 3.50. The number of aliphatic hydroxyl groups excluding tert-OH is 2. The lowest BCUT2D eigenvalue weighted by atomic mass is 10.1. The number of aromatic nitrogens is 1. The van der Waals surface area contributed by atoms with Gasteiger partial charge in [-0.2, -0.15) is 10.5 Å². The first-order chi connectivity index (χ1) is 17.7. The molecule has 0 aliphatic heterocycles. The maximum atomic E-state index is 13.2. The molecule has 9 heteroatoms. The average Bonchev–Trinajstić information content (AvgIpc) is 2.89. The minimum absolute atomic E-state index is 0.0113. The van der Waals surface area contributed by atoms with Gasteiger partial charge in [0.1, 0.15) is 23.7 Å². The van der Waals surface area contributed by atoms with Crippen LogP contribution in [0.3, 0.4) is 0 Å². The minimum Gasteiger partial charge on any atom is -0.487 e. The van der Waals surface area contributed by atoms with Crippen LogP contribution >= 0.6 is 0 Å². The van der Waals surface area contributed by atoms with Crippen LogP contribution < -0.4 is 9.64 Å². The van der Waals surface area contributed by atoms with Gasteiger partial charge in [-0.1, -0.05) is 12.1 Å². The normalized spacial score (nSPS) is 10.8. The van der Waals surface area contributed by atoms with Gasteiger partial charge in [-0.25, -0.2) is 4.79 Å². The number of nitrogens with zero attached hydrogens (tertiary/aromatic N) is 4. The lowest BCUT2D eigenvalue weighted by molar-refractivity contribution is 0.0577. The molecule has 190 valence electrons. The van der Waals surface area contributed by atoms with Gasteiger partial charge in [-0.3, -0.25) is 9.88 Å². The van der Waals surface area contributed by atoms with Gasteiger partial charge in [-0.15, -0.1) is 0 Å². The molecule has 3 rings (SSSR count). The van der Waals surface area contributed by atoms with E-state index < -0.39 is 24.9 Å². The van der Waals surface area contributed by atoms with Crippen molar-refractivity contribution in [2.45, 2.75) is 52.7 Å². The van der Waals surface area contributed by atoms with E-state index in [0.717, 1.165) is 5.56 Å². The SMILES string of the molecule is CC(C)(C)OC(=O)N(Cc1cnc(CO)c(OCc2ccc(C#N)cc2)c1CO)c1ccc(C#N)cc1. The first-order valence-corrected chi connectivity index (χ1v) is 11.5. The lowest BCUT2D eigenvalue weighted by Gasteiger charge is -2.28. The summed E-state index contributed by atoms with van der Waals surface area (Å²) in [6.07, 6.45) is 0.861. The largest absolute Gasteiger partial charge is 0.487 e. The Balaban J connectivity index is 1.97. The summed E-state index contributed by atoms with van der Waals surface area (Å²) in [5.74, 6) is 0.218. The number of hydrogen-bond acceptors (Lipinski definition) is 8. The van der Waals surface area contributed by atoms with Crippen LogP contribution in [0.15, 0.2) is 54.7 Å². The Morgan fingerprint density at radius 3 is 2.08 bits per heavy atom. The Morgan fingerprint density at radius 1 is 0.973 bits per heavy atom. The van der Waals surface area contributed by atoms with E-state index in [9.17, 15) is 15.0 Å². The number of amides is 1. The molecule has 0 atom stereocenters. The number of aliphatic hydroxyl groups is 2. The molecule has 0 bridgehead atoms. The smallest absolute Gasteiger partial charge is 0.415 e. The summed E-state index contributed by atoms with van der Waals surface area (Å²) in [5.41, 5.74) is 2.58. The van der Waals surface area contributed by atoms with E-state index in [4.69, 9.17) is 20.0 Å². The highest BCUT2D eigenvalue weighted by molar-refractivity contribution is 5.88. The van der Waals surface area contributed by atoms with Gasteiger partial charge in [0.2, 0.25) is 0 Å². The lowest BCUT2D eigenvalue weighted by Crippen LogP contribution is -2.36. The molecule has 0 saturated heterocycles. The number of hydrogen-bond donors (Lipinski definition) is 2. The third-order valence-corrected chi connectivity index (χ3v) is 5.32. The van der Waals surface area contributed by atoms with Crippen molar-refractivity contribution < 1.29 is 24.5 Å². The van der Waals surface area contributed by atoms with Crippen LogP contribution in [0.4, 0.5) is 10.5 Å². The van der Waals surface area contributed by atoms with E-state index in [1.54, 1.807) is 69.3 Å². The zero-order chi connectivity index (χ0) is 27.0. The molecule has 2 aromatic carbocycles. The molecule has 0 saturated carbocycles. The molecule has 3 aromatic rings. The minimum atomic E-state index is -0.754. The highest BCUT2D eigenvalue weighted by Crippen LogP contribution is 2.30. The Labute approximate surface area is 215 Å². The van der Waals surface area contributed by atoms with Crippen LogP contribution in [0.1, 0.15) is 54.3 Å². The molecule has 1 heterocycles. The number of carbonyl (C=O) groups is 1. The summed E-state index contributed by atoms with van der Waals surface area (Å²) in [5, 5.41) is 38.2. The Hall–Kier alpha value is -4.44. The predicted molar refractivity (Wildman–Crippen MR) is 135 cm³/mol. The number of pyridine rings is 1. The zero-order valence-corrected chi connectivity index (χ0v) is 20.9. The molecule has 0 aliphatic rings. The second-order valence-electron chi connectivity index (χ2n) is 9.18. The van der Waals surface area contributed by atoms with Gasteiger partial charge < -0.3 is 19.7 Å². The summed E-state index contributed by atoms with van der Waals surface area (Å²) in [4.78, 5) is 18.8. The van der Waals surface area contributed by atoms with Crippen LogP contribution in [0, 0.1) is 22.7 Å². The van der Waals surface area contributed by atoms with Gasteiger partial charge in [0.25, 0.3) is 0 Å². The Bertz CT molecular complexity index is 1320. The van der Waals surface area contributed by atoms with Gasteiger partial charge in [-0.05, 0) is 68.3 Å². The molecule has 0 spiro atoms. The van der Waals surface area contributed by atoms with Crippen LogP contribution in [0.25, 0.3) is 0 Å². The highest BCUT2D eigenvalue weighted by atomic mass is 16.6. The first-order valence-electron chi connectivity index (χ1n) is 11.5. The van der Waals surface area contributed by atoms with Crippen molar-refractivity contribution in [3.05, 3.63) is 88.2 Å². The summed E-state index contributed by atoms with van der Waals surface area (Å²) in [7, 11) is 0. The van der Waals surface area contributed by atoms with E-state index >= 15 is 0 Å². The van der Waals surface area contributed by atoms with Crippen LogP contribution in [-0.2, 0) is 31.1 Å². The number of anilines is 1. The van der Waals surface area contributed by atoms with E-state index in [1.165, 1.54) is 11.1 Å². The van der Waals surface area contributed by atoms with E-state index in [1.807, 2.05) is 6.07 Å². The van der Waals surface area contributed by atoms with Crippen molar-refractivity contribution >= 4 is 11.8 Å². The molecule has 37 heavy (non-hydrogen) atoms. The molecule has 0 aliphatic carbocycles. The summed E-state index contributed by atoms with van der Waals surface area (Å²) >= 11 is 0. The van der Waals surface area contributed by atoms with Crippen molar-refractivity contribution in [1.82, 2.24) is 4.98 Å². The first kappa shape index (κ1) is 27.2. The third kappa shape index (κ3) is 7.05. The summed E-state index contributed by atoms with van der Waals surface area (Å²) in [6, 6.07) is 17.4. The second-order valence-corrected chi connectivity index (χ2v) is 9.18. The molecular weight excluding hydrogens is 472 g/mol. The quantitative estimate of drug-likeness (QED) is 0.466. The van der Waals surface area contributed by atoms with Crippen LogP contribution in [0.2, 0.25) is 0 Å². The summed E-state index contributed by atoms with van der Waals surface area (Å²) in [6.45, 7) is 4.53. The van der Waals surface area contributed by atoms with Crippen LogP contribution in [0.5, 0.6) is 5.75 Å². The fourth-order valence-electron chi connectivity index (χ4n) is 3.50. The Morgan fingerprint density at radius 2 is 1.57 bits per heavy atom. The molecule has 1 amide bonds.